The Bertz CT molecular complexity index is 766. The minimum Gasteiger partial charge on any atom is -0.374 e. The van der Waals surface area contributed by atoms with Gasteiger partial charge < -0.3 is 10.6 Å². The maximum Gasteiger partial charge on any atom is 0.249 e. The summed E-state index contributed by atoms with van der Waals surface area (Å²) in [4.78, 5) is 40.2. The molecule has 8 nitrogen and oxygen atoms in total. The Hall–Kier alpha value is -2.45. The van der Waals surface area contributed by atoms with Crippen LogP contribution in [0, 0.1) is 0 Å². The smallest absolute Gasteiger partial charge is 0.249 e. The van der Waals surface area contributed by atoms with Gasteiger partial charge >= 0.3 is 0 Å². The fourth-order valence-electron chi connectivity index (χ4n) is 3.70. The molecule has 1 aromatic carbocycles. The highest BCUT2D eigenvalue weighted by atomic mass is 16.2. The first-order valence-corrected chi connectivity index (χ1v) is 10.2. The topological polar surface area (TPSA) is 93.8 Å². The standard InChI is InChI=1S/C21H31N5O3/c1-21(2,3)26-11-9-25(10-12-26)14-19(28)23-16-6-4-5-15(13-16)22-17-7-8-18(27)24-20(17)29/h4-6,13,17,22H,7-12,14H2,1-3H3,(H,23,28)(H,24,27,29). The van der Waals surface area contributed by atoms with E-state index in [1.807, 2.05) is 18.2 Å². The third-order valence-electron chi connectivity index (χ3n) is 5.41. The Morgan fingerprint density at radius 3 is 2.48 bits per heavy atom. The molecule has 0 bridgehead atoms. The average molecular weight is 402 g/mol. The van der Waals surface area contributed by atoms with Gasteiger partial charge in [-0.25, -0.2) is 0 Å². The number of piperazine rings is 1. The molecular weight excluding hydrogens is 370 g/mol. The van der Waals surface area contributed by atoms with Crippen molar-refractivity contribution in [2.24, 2.45) is 0 Å². The van der Waals surface area contributed by atoms with E-state index in [4.69, 9.17) is 0 Å². The van der Waals surface area contributed by atoms with Crippen LogP contribution < -0.4 is 16.0 Å². The van der Waals surface area contributed by atoms with Crippen LogP contribution in [0.15, 0.2) is 24.3 Å². The van der Waals surface area contributed by atoms with E-state index in [9.17, 15) is 14.4 Å². The van der Waals surface area contributed by atoms with Gasteiger partial charge in [0, 0.05) is 49.5 Å². The average Bonchev–Trinajstić information content (AvgIpc) is 2.64. The number of anilines is 2. The Labute approximate surface area is 172 Å². The van der Waals surface area contributed by atoms with Gasteiger partial charge in [-0.1, -0.05) is 6.07 Å². The number of carbonyl (C=O) groups is 3. The monoisotopic (exact) mass is 401 g/mol. The molecule has 3 amide bonds. The molecule has 0 radical (unpaired) electrons. The molecule has 2 saturated heterocycles. The zero-order chi connectivity index (χ0) is 21.0. The SMILES string of the molecule is CC(C)(C)N1CCN(CC(=O)Nc2cccc(NC3CCC(=O)NC3=O)c2)CC1. The van der Waals surface area contributed by atoms with Crippen molar-refractivity contribution in [3.8, 4) is 0 Å². The van der Waals surface area contributed by atoms with Gasteiger partial charge in [-0.15, -0.1) is 0 Å². The predicted molar refractivity (Wildman–Crippen MR) is 113 cm³/mol. The van der Waals surface area contributed by atoms with Crippen LogP contribution in [0.25, 0.3) is 0 Å². The van der Waals surface area contributed by atoms with E-state index in [0.29, 0.717) is 25.1 Å². The van der Waals surface area contributed by atoms with Crippen LogP contribution in [-0.2, 0) is 14.4 Å². The molecule has 2 aliphatic heterocycles. The number of amides is 3. The quantitative estimate of drug-likeness (QED) is 0.643. The van der Waals surface area contributed by atoms with Crippen LogP contribution in [0.4, 0.5) is 11.4 Å². The third-order valence-corrected chi connectivity index (χ3v) is 5.41. The number of rotatable bonds is 5. The number of piperidine rings is 1. The third kappa shape index (κ3) is 6.01. The minimum atomic E-state index is -0.447. The number of nitrogens with one attached hydrogen (secondary N) is 3. The zero-order valence-corrected chi connectivity index (χ0v) is 17.5. The van der Waals surface area contributed by atoms with E-state index in [1.165, 1.54) is 0 Å². The van der Waals surface area contributed by atoms with Gasteiger partial charge in [-0.3, -0.25) is 29.5 Å². The summed E-state index contributed by atoms with van der Waals surface area (Å²) >= 11 is 0. The second kappa shape index (κ2) is 8.92. The lowest BCUT2D eigenvalue weighted by atomic mass is 10.1. The van der Waals surface area contributed by atoms with Crippen LogP contribution in [0.5, 0.6) is 0 Å². The molecule has 1 atom stereocenters. The largest absolute Gasteiger partial charge is 0.374 e. The number of nitrogens with zero attached hydrogens (tertiary/aromatic N) is 2. The molecular formula is C21H31N5O3. The van der Waals surface area contributed by atoms with E-state index in [1.54, 1.807) is 6.07 Å². The van der Waals surface area contributed by atoms with E-state index >= 15 is 0 Å². The molecule has 0 spiro atoms. The summed E-state index contributed by atoms with van der Waals surface area (Å²) < 4.78 is 0. The van der Waals surface area contributed by atoms with Crippen molar-refractivity contribution in [2.75, 3.05) is 43.4 Å². The second-order valence-corrected chi connectivity index (χ2v) is 8.71. The van der Waals surface area contributed by atoms with Gasteiger partial charge in [-0.2, -0.15) is 0 Å². The van der Waals surface area contributed by atoms with Crippen molar-refractivity contribution < 1.29 is 14.4 Å². The molecule has 0 saturated carbocycles. The van der Waals surface area contributed by atoms with Crippen LogP contribution in [0.2, 0.25) is 0 Å². The summed E-state index contributed by atoms with van der Waals surface area (Å²) in [5, 5.41) is 8.41. The maximum atomic E-state index is 12.5. The Morgan fingerprint density at radius 1 is 1.14 bits per heavy atom. The molecule has 2 aliphatic rings. The van der Waals surface area contributed by atoms with Crippen LogP contribution in [0.3, 0.4) is 0 Å². The summed E-state index contributed by atoms with van der Waals surface area (Å²) in [7, 11) is 0. The van der Waals surface area contributed by atoms with Crippen LogP contribution in [0.1, 0.15) is 33.6 Å². The lowest BCUT2D eigenvalue weighted by Gasteiger charge is -2.42. The number of hydrogen-bond donors (Lipinski definition) is 3. The van der Waals surface area contributed by atoms with Crippen molar-refractivity contribution >= 4 is 29.1 Å². The van der Waals surface area contributed by atoms with Crippen molar-refractivity contribution in [1.29, 1.82) is 0 Å². The molecule has 1 unspecified atom stereocenters. The van der Waals surface area contributed by atoms with E-state index in [-0.39, 0.29) is 23.3 Å². The van der Waals surface area contributed by atoms with Gasteiger partial charge in [0.25, 0.3) is 0 Å². The van der Waals surface area contributed by atoms with Crippen molar-refractivity contribution in [2.45, 2.75) is 45.2 Å². The van der Waals surface area contributed by atoms with Crippen molar-refractivity contribution in [1.82, 2.24) is 15.1 Å². The minimum absolute atomic E-state index is 0.0487. The molecule has 2 heterocycles. The fourth-order valence-corrected chi connectivity index (χ4v) is 3.70. The molecule has 29 heavy (non-hydrogen) atoms. The molecule has 3 N–H and O–H groups in total. The molecule has 0 aliphatic carbocycles. The van der Waals surface area contributed by atoms with Crippen LogP contribution in [-0.4, -0.2) is 71.8 Å². The lowest BCUT2D eigenvalue weighted by Crippen LogP contribution is -2.54. The van der Waals surface area contributed by atoms with Gasteiger partial charge in [0.05, 0.1) is 6.54 Å². The van der Waals surface area contributed by atoms with E-state index in [2.05, 4.69) is 46.5 Å². The fraction of sp³-hybridized carbons (Fsp3) is 0.571. The van der Waals surface area contributed by atoms with Crippen molar-refractivity contribution in [3.05, 3.63) is 24.3 Å². The summed E-state index contributed by atoms with van der Waals surface area (Å²) in [6.07, 6.45) is 0.782. The molecule has 8 heteroatoms. The highest BCUT2D eigenvalue weighted by Crippen LogP contribution is 2.19. The number of imide groups is 1. The highest BCUT2D eigenvalue weighted by molar-refractivity contribution is 6.01. The van der Waals surface area contributed by atoms with Gasteiger partial charge in [0.15, 0.2) is 0 Å². The number of benzene rings is 1. The normalized spacial score (nSPS) is 21.6. The second-order valence-electron chi connectivity index (χ2n) is 8.71. The summed E-state index contributed by atoms with van der Waals surface area (Å²) in [5.74, 6) is -0.602. The molecule has 158 valence electrons. The van der Waals surface area contributed by atoms with Gasteiger partial charge in [-0.05, 0) is 45.4 Å². The molecule has 1 aromatic rings. The number of carbonyl (C=O) groups excluding carboxylic acids is 3. The Morgan fingerprint density at radius 2 is 1.83 bits per heavy atom. The van der Waals surface area contributed by atoms with E-state index in [0.717, 1.165) is 31.9 Å². The first kappa shape index (κ1) is 21.3. The zero-order valence-electron chi connectivity index (χ0n) is 17.5. The van der Waals surface area contributed by atoms with Gasteiger partial charge in [0.1, 0.15) is 6.04 Å². The maximum absolute atomic E-state index is 12.5. The Balaban J connectivity index is 1.49. The highest BCUT2D eigenvalue weighted by Gasteiger charge is 2.27. The lowest BCUT2D eigenvalue weighted by molar-refractivity contribution is -0.133. The predicted octanol–water partition coefficient (Wildman–Crippen LogP) is 1.26. The van der Waals surface area contributed by atoms with Crippen molar-refractivity contribution in [3.63, 3.8) is 0 Å². The first-order chi connectivity index (χ1) is 13.7. The molecule has 3 rings (SSSR count). The first-order valence-electron chi connectivity index (χ1n) is 10.2. The summed E-state index contributed by atoms with van der Waals surface area (Å²) in [5.41, 5.74) is 1.57. The summed E-state index contributed by atoms with van der Waals surface area (Å²) in [6, 6.07) is 6.85. The van der Waals surface area contributed by atoms with Crippen LogP contribution >= 0.6 is 0 Å². The summed E-state index contributed by atoms with van der Waals surface area (Å²) in [6.45, 7) is 10.7. The number of hydrogen-bond acceptors (Lipinski definition) is 6. The van der Waals surface area contributed by atoms with E-state index < -0.39 is 6.04 Å². The van der Waals surface area contributed by atoms with Gasteiger partial charge in [0.2, 0.25) is 17.7 Å². The molecule has 2 fully saturated rings. The Kier molecular flexibility index (Phi) is 6.54. The molecule has 0 aromatic heterocycles.